The van der Waals surface area contributed by atoms with E-state index in [1.54, 1.807) is 0 Å². The van der Waals surface area contributed by atoms with Crippen LogP contribution in [0.5, 0.6) is 0 Å². The quantitative estimate of drug-likeness (QED) is 0.753. The van der Waals surface area contributed by atoms with Gasteiger partial charge in [-0.2, -0.15) is 0 Å². The molecule has 3 aliphatic rings. The lowest BCUT2D eigenvalue weighted by Gasteiger charge is -2.40. The summed E-state index contributed by atoms with van der Waals surface area (Å²) < 4.78 is 5.86. The fourth-order valence-electron chi connectivity index (χ4n) is 3.76. The Kier molecular flexibility index (Phi) is 3.39. The first-order valence-corrected chi connectivity index (χ1v) is 6.96. The van der Waals surface area contributed by atoms with Crippen molar-refractivity contribution in [1.82, 2.24) is 9.80 Å². The summed E-state index contributed by atoms with van der Waals surface area (Å²) in [7, 11) is 2.17. The predicted octanol–water partition coefficient (Wildman–Crippen LogP) is 0.305. The second kappa shape index (κ2) is 4.84. The molecule has 0 aromatic heterocycles. The molecule has 17 heavy (non-hydrogen) atoms. The molecule has 98 valence electrons. The second-order valence-electron chi connectivity index (χ2n) is 5.96. The zero-order valence-electron chi connectivity index (χ0n) is 10.7. The van der Waals surface area contributed by atoms with Crippen molar-refractivity contribution in [1.29, 1.82) is 0 Å². The number of aliphatic hydroxyl groups is 1. The number of rotatable bonds is 2. The van der Waals surface area contributed by atoms with Gasteiger partial charge in [0, 0.05) is 31.7 Å². The SMILES string of the molecule is CN1CCOC(CN2C3CCC2CC(O)C3)C1. The number of hydrogen-bond acceptors (Lipinski definition) is 4. The van der Waals surface area contributed by atoms with Gasteiger partial charge in [-0.1, -0.05) is 0 Å². The number of likely N-dealkylation sites (N-methyl/N-ethyl adjacent to an activating group) is 1. The van der Waals surface area contributed by atoms with Crippen LogP contribution in [0.25, 0.3) is 0 Å². The van der Waals surface area contributed by atoms with E-state index in [4.69, 9.17) is 4.74 Å². The lowest BCUT2D eigenvalue weighted by molar-refractivity contribution is -0.0566. The van der Waals surface area contributed by atoms with Gasteiger partial charge in [0.1, 0.15) is 0 Å². The Morgan fingerprint density at radius 3 is 2.59 bits per heavy atom. The summed E-state index contributed by atoms with van der Waals surface area (Å²) in [5, 5.41) is 9.79. The van der Waals surface area contributed by atoms with Gasteiger partial charge in [-0.3, -0.25) is 4.90 Å². The summed E-state index contributed by atoms with van der Waals surface area (Å²) >= 11 is 0. The summed E-state index contributed by atoms with van der Waals surface area (Å²) in [4.78, 5) is 4.96. The number of ether oxygens (including phenoxy) is 1. The molecule has 0 aromatic rings. The van der Waals surface area contributed by atoms with E-state index < -0.39 is 0 Å². The van der Waals surface area contributed by atoms with Gasteiger partial charge in [-0.15, -0.1) is 0 Å². The molecule has 0 aliphatic carbocycles. The molecule has 0 radical (unpaired) electrons. The molecule has 3 aliphatic heterocycles. The summed E-state index contributed by atoms with van der Waals surface area (Å²) in [6.45, 7) is 4.04. The number of hydrogen-bond donors (Lipinski definition) is 1. The Balaban J connectivity index is 1.58. The Morgan fingerprint density at radius 1 is 1.24 bits per heavy atom. The molecule has 0 spiro atoms. The number of aliphatic hydroxyl groups excluding tert-OH is 1. The first-order chi connectivity index (χ1) is 8.22. The maximum absolute atomic E-state index is 9.79. The highest BCUT2D eigenvalue weighted by atomic mass is 16.5. The van der Waals surface area contributed by atoms with Crippen LogP contribution in [0.4, 0.5) is 0 Å². The minimum Gasteiger partial charge on any atom is -0.393 e. The highest BCUT2D eigenvalue weighted by Crippen LogP contribution is 2.35. The van der Waals surface area contributed by atoms with Gasteiger partial charge >= 0.3 is 0 Å². The van der Waals surface area contributed by atoms with E-state index in [1.165, 1.54) is 12.8 Å². The fraction of sp³-hybridized carbons (Fsp3) is 1.00. The number of nitrogens with zero attached hydrogens (tertiary/aromatic N) is 2. The normalized spacial score (nSPS) is 44.1. The molecule has 0 aromatic carbocycles. The summed E-state index contributed by atoms with van der Waals surface area (Å²) in [6, 6.07) is 1.22. The fourth-order valence-corrected chi connectivity index (χ4v) is 3.76. The number of fused-ring (bicyclic) bond motifs is 2. The van der Waals surface area contributed by atoms with Crippen LogP contribution < -0.4 is 0 Å². The van der Waals surface area contributed by atoms with Crippen molar-refractivity contribution >= 4 is 0 Å². The number of piperidine rings is 1. The molecular formula is C13H24N2O2. The summed E-state index contributed by atoms with van der Waals surface area (Å²) in [6.07, 6.45) is 4.79. The summed E-state index contributed by atoms with van der Waals surface area (Å²) in [5.41, 5.74) is 0. The number of morpholine rings is 1. The van der Waals surface area contributed by atoms with Gasteiger partial charge in [0.15, 0.2) is 0 Å². The van der Waals surface area contributed by atoms with Crippen LogP contribution >= 0.6 is 0 Å². The van der Waals surface area contributed by atoms with Crippen LogP contribution in [0.3, 0.4) is 0 Å². The molecule has 0 saturated carbocycles. The topological polar surface area (TPSA) is 35.9 Å². The Bertz CT molecular complexity index is 260. The average Bonchev–Trinajstić information content (AvgIpc) is 2.54. The average molecular weight is 240 g/mol. The maximum Gasteiger partial charge on any atom is 0.0829 e. The van der Waals surface area contributed by atoms with Crippen molar-refractivity contribution in [2.75, 3.05) is 33.3 Å². The zero-order valence-corrected chi connectivity index (χ0v) is 10.7. The molecule has 0 amide bonds. The third kappa shape index (κ3) is 2.50. The van der Waals surface area contributed by atoms with E-state index in [2.05, 4.69) is 16.8 Å². The molecular weight excluding hydrogens is 216 g/mol. The van der Waals surface area contributed by atoms with Crippen molar-refractivity contribution in [2.24, 2.45) is 0 Å². The van der Waals surface area contributed by atoms with Crippen molar-refractivity contribution in [3.63, 3.8) is 0 Å². The monoisotopic (exact) mass is 240 g/mol. The highest BCUT2D eigenvalue weighted by Gasteiger charge is 2.41. The predicted molar refractivity (Wildman–Crippen MR) is 66.0 cm³/mol. The van der Waals surface area contributed by atoms with Crippen LogP contribution in [-0.2, 0) is 4.74 Å². The largest absolute Gasteiger partial charge is 0.393 e. The van der Waals surface area contributed by atoms with Gasteiger partial charge in [0.05, 0.1) is 18.8 Å². The Morgan fingerprint density at radius 2 is 1.94 bits per heavy atom. The van der Waals surface area contributed by atoms with Gasteiger partial charge in [-0.05, 0) is 32.7 Å². The minimum atomic E-state index is -0.0568. The molecule has 3 fully saturated rings. The second-order valence-corrected chi connectivity index (χ2v) is 5.96. The molecule has 4 nitrogen and oxygen atoms in total. The minimum absolute atomic E-state index is 0.0568. The summed E-state index contributed by atoms with van der Waals surface area (Å²) in [5.74, 6) is 0. The van der Waals surface area contributed by atoms with Crippen molar-refractivity contribution in [3.05, 3.63) is 0 Å². The molecule has 3 saturated heterocycles. The Labute approximate surface area is 104 Å². The third-order valence-electron chi connectivity index (χ3n) is 4.62. The van der Waals surface area contributed by atoms with E-state index >= 15 is 0 Å². The van der Waals surface area contributed by atoms with Crippen molar-refractivity contribution in [3.8, 4) is 0 Å². The van der Waals surface area contributed by atoms with Gasteiger partial charge < -0.3 is 14.7 Å². The molecule has 2 bridgehead atoms. The maximum atomic E-state index is 9.79. The van der Waals surface area contributed by atoms with E-state index in [0.29, 0.717) is 18.2 Å². The van der Waals surface area contributed by atoms with Gasteiger partial charge in [0.25, 0.3) is 0 Å². The van der Waals surface area contributed by atoms with E-state index in [1.807, 2.05) is 0 Å². The molecule has 3 rings (SSSR count). The van der Waals surface area contributed by atoms with Gasteiger partial charge in [-0.25, -0.2) is 0 Å². The van der Waals surface area contributed by atoms with Crippen LogP contribution in [-0.4, -0.2) is 72.5 Å². The lowest BCUT2D eigenvalue weighted by Crippen LogP contribution is -2.52. The first-order valence-electron chi connectivity index (χ1n) is 6.96. The molecule has 3 atom stereocenters. The molecule has 3 unspecified atom stereocenters. The zero-order chi connectivity index (χ0) is 11.8. The van der Waals surface area contributed by atoms with E-state index in [-0.39, 0.29) is 6.10 Å². The smallest absolute Gasteiger partial charge is 0.0829 e. The van der Waals surface area contributed by atoms with E-state index in [0.717, 1.165) is 39.1 Å². The van der Waals surface area contributed by atoms with Crippen LogP contribution in [0, 0.1) is 0 Å². The van der Waals surface area contributed by atoms with Crippen LogP contribution in [0.1, 0.15) is 25.7 Å². The van der Waals surface area contributed by atoms with Crippen LogP contribution in [0.2, 0.25) is 0 Å². The molecule has 1 N–H and O–H groups in total. The van der Waals surface area contributed by atoms with Crippen molar-refractivity contribution in [2.45, 2.75) is 50.0 Å². The first kappa shape index (κ1) is 11.9. The highest BCUT2D eigenvalue weighted by molar-refractivity contribution is 4.96. The molecule has 3 heterocycles. The van der Waals surface area contributed by atoms with Crippen LogP contribution in [0.15, 0.2) is 0 Å². The molecule has 4 heteroatoms. The van der Waals surface area contributed by atoms with E-state index in [9.17, 15) is 5.11 Å². The van der Waals surface area contributed by atoms with Crippen molar-refractivity contribution < 1.29 is 9.84 Å². The third-order valence-corrected chi connectivity index (χ3v) is 4.62. The lowest BCUT2D eigenvalue weighted by atomic mass is 9.99. The van der Waals surface area contributed by atoms with Gasteiger partial charge in [0.2, 0.25) is 0 Å². The Hall–Kier alpha value is -0.160. The standard InChI is InChI=1S/C13H24N2O2/c1-14-4-5-17-13(8-14)9-15-10-2-3-11(15)7-12(16)6-10/h10-13,16H,2-9H2,1H3.